The van der Waals surface area contributed by atoms with Crippen molar-refractivity contribution in [2.75, 3.05) is 0 Å². The van der Waals surface area contributed by atoms with Crippen LogP contribution in [0.2, 0.25) is 0 Å². The molecule has 3 rings (SSSR count). The van der Waals surface area contributed by atoms with E-state index in [9.17, 15) is 18.0 Å². The lowest BCUT2D eigenvalue weighted by Crippen LogP contribution is -2.27. The Morgan fingerprint density at radius 3 is 2.44 bits per heavy atom. The molecule has 1 heterocycles. The number of hydrogen-bond acceptors (Lipinski definition) is 5. The van der Waals surface area contributed by atoms with E-state index in [1.54, 1.807) is 6.92 Å². The number of rotatable bonds is 4. The SMILES string of the molecule is CC(NS(=O)(=O)c1ccc2c(c1)c(=O)oc(=O)n2C)c1ccccc1. The lowest BCUT2D eigenvalue weighted by molar-refractivity contribution is 0.432. The van der Waals surface area contributed by atoms with Crippen molar-refractivity contribution in [1.29, 1.82) is 0 Å². The molecule has 0 bridgehead atoms. The Labute approximate surface area is 143 Å². The Hall–Kier alpha value is -2.71. The highest BCUT2D eigenvalue weighted by molar-refractivity contribution is 7.89. The van der Waals surface area contributed by atoms with Crippen LogP contribution in [-0.4, -0.2) is 13.0 Å². The second kappa shape index (κ2) is 6.30. The summed E-state index contributed by atoms with van der Waals surface area (Å²) in [4.78, 5) is 23.3. The van der Waals surface area contributed by atoms with Crippen LogP contribution < -0.4 is 16.1 Å². The van der Waals surface area contributed by atoms with Crippen molar-refractivity contribution in [2.45, 2.75) is 17.9 Å². The second-order valence-electron chi connectivity index (χ2n) is 5.65. The van der Waals surface area contributed by atoms with Gasteiger partial charge in [0.2, 0.25) is 10.0 Å². The zero-order valence-corrected chi connectivity index (χ0v) is 14.4. The zero-order valence-electron chi connectivity index (χ0n) is 13.6. The number of hydrogen-bond donors (Lipinski definition) is 1. The van der Waals surface area contributed by atoms with Gasteiger partial charge in [-0.2, -0.15) is 0 Å². The Bertz CT molecular complexity index is 1150. The topological polar surface area (TPSA) is 98.4 Å². The smallest absolute Gasteiger partial charge is 0.372 e. The van der Waals surface area contributed by atoms with Crippen LogP contribution in [0, 0.1) is 0 Å². The lowest BCUT2D eigenvalue weighted by Gasteiger charge is -2.15. The molecule has 8 heteroatoms. The highest BCUT2D eigenvalue weighted by Gasteiger charge is 2.20. The maximum atomic E-state index is 12.6. The van der Waals surface area contributed by atoms with E-state index in [1.807, 2.05) is 30.3 Å². The summed E-state index contributed by atoms with van der Waals surface area (Å²) in [7, 11) is -2.41. The third-order valence-electron chi connectivity index (χ3n) is 3.94. The maximum absolute atomic E-state index is 12.6. The van der Waals surface area contributed by atoms with Gasteiger partial charge in [-0.15, -0.1) is 0 Å². The number of nitrogens with one attached hydrogen (secondary N) is 1. The van der Waals surface area contributed by atoms with Crippen LogP contribution >= 0.6 is 0 Å². The molecule has 0 fully saturated rings. The summed E-state index contributed by atoms with van der Waals surface area (Å²) in [5.74, 6) is -0.802. The summed E-state index contributed by atoms with van der Waals surface area (Å²) in [5, 5.41) is 0.0253. The van der Waals surface area contributed by atoms with Crippen LogP contribution in [0.3, 0.4) is 0 Å². The molecule has 0 spiro atoms. The van der Waals surface area contributed by atoms with E-state index in [1.165, 1.54) is 25.2 Å². The largest absolute Gasteiger partial charge is 0.422 e. The quantitative estimate of drug-likeness (QED) is 0.761. The predicted molar refractivity (Wildman–Crippen MR) is 92.9 cm³/mol. The highest BCUT2D eigenvalue weighted by atomic mass is 32.2. The number of sulfonamides is 1. The van der Waals surface area contributed by atoms with E-state index >= 15 is 0 Å². The molecule has 1 atom stereocenters. The molecule has 0 aliphatic carbocycles. The van der Waals surface area contributed by atoms with Gasteiger partial charge in [0.15, 0.2) is 0 Å². The van der Waals surface area contributed by atoms with Crippen LogP contribution in [0.1, 0.15) is 18.5 Å². The van der Waals surface area contributed by atoms with Crippen LogP contribution in [0.15, 0.2) is 67.4 Å². The Morgan fingerprint density at radius 1 is 1.08 bits per heavy atom. The Morgan fingerprint density at radius 2 is 1.76 bits per heavy atom. The first kappa shape index (κ1) is 17.1. The summed E-state index contributed by atoms with van der Waals surface area (Å²) < 4.78 is 33.5. The van der Waals surface area contributed by atoms with Gasteiger partial charge in [-0.3, -0.25) is 4.57 Å². The van der Waals surface area contributed by atoms with E-state index in [0.717, 1.165) is 10.1 Å². The second-order valence-corrected chi connectivity index (χ2v) is 7.36. The van der Waals surface area contributed by atoms with E-state index in [0.29, 0.717) is 5.52 Å². The highest BCUT2D eigenvalue weighted by Crippen LogP contribution is 2.19. The normalized spacial score (nSPS) is 13.0. The van der Waals surface area contributed by atoms with E-state index < -0.39 is 27.4 Å². The van der Waals surface area contributed by atoms with Crippen molar-refractivity contribution >= 4 is 20.9 Å². The molecule has 0 saturated carbocycles. The predicted octanol–water partition coefficient (Wildman–Crippen LogP) is 1.53. The molecule has 2 aromatic carbocycles. The van der Waals surface area contributed by atoms with Crippen LogP contribution in [-0.2, 0) is 17.1 Å². The van der Waals surface area contributed by atoms with Gasteiger partial charge < -0.3 is 4.42 Å². The third-order valence-corrected chi connectivity index (χ3v) is 5.48. The van der Waals surface area contributed by atoms with E-state index in [2.05, 4.69) is 9.14 Å². The number of aromatic nitrogens is 1. The lowest BCUT2D eigenvalue weighted by atomic mass is 10.1. The fraction of sp³-hybridized carbons (Fsp3) is 0.176. The molecule has 3 aromatic rings. The molecule has 0 radical (unpaired) electrons. The Kier molecular flexibility index (Phi) is 4.32. The Balaban J connectivity index is 2.03. The van der Waals surface area contributed by atoms with Crippen molar-refractivity contribution < 1.29 is 12.8 Å². The standard InChI is InChI=1S/C17H16N2O5S/c1-11(12-6-4-3-5-7-12)18-25(22,23)13-8-9-15-14(10-13)16(20)24-17(21)19(15)2/h3-11,18H,1-2H3. The minimum atomic E-state index is -3.86. The van der Waals surface area contributed by atoms with E-state index in [4.69, 9.17) is 0 Å². The average molecular weight is 360 g/mol. The third kappa shape index (κ3) is 3.26. The maximum Gasteiger partial charge on any atom is 0.422 e. The van der Waals surface area contributed by atoms with Gasteiger partial charge in [0.1, 0.15) is 0 Å². The number of benzene rings is 2. The molecule has 0 amide bonds. The van der Waals surface area contributed by atoms with E-state index in [-0.39, 0.29) is 10.3 Å². The minimum Gasteiger partial charge on any atom is -0.372 e. The molecule has 1 aromatic heterocycles. The monoisotopic (exact) mass is 360 g/mol. The van der Waals surface area contributed by atoms with Gasteiger partial charge >= 0.3 is 11.4 Å². The number of nitrogens with zero attached hydrogens (tertiary/aromatic N) is 1. The molecule has 25 heavy (non-hydrogen) atoms. The summed E-state index contributed by atoms with van der Waals surface area (Å²) in [5.41, 5.74) is 0.247. The number of fused-ring (bicyclic) bond motifs is 1. The molecule has 1 N–H and O–H groups in total. The van der Waals surface area contributed by atoms with Crippen LogP contribution in [0.4, 0.5) is 0 Å². The van der Waals surface area contributed by atoms with Gasteiger partial charge in [0.25, 0.3) is 0 Å². The molecule has 0 saturated heterocycles. The van der Waals surface area contributed by atoms with Gasteiger partial charge in [0.05, 0.1) is 15.8 Å². The van der Waals surface area contributed by atoms with Gasteiger partial charge in [-0.05, 0) is 30.7 Å². The molecule has 1 unspecified atom stereocenters. The summed E-state index contributed by atoms with van der Waals surface area (Å²) >= 11 is 0. The molecule has 7 nitrogen and oxygen atoms in total. The molecular weight excluding hydrogens is 344 g/mol. The minimum absolute atomic E-state index is 0.0253. The fourth-order valence-electron chi connectivity index (χ4n) is 2.55. The first-order valence-corrected chi connectivity index (χ1v) is 8.99. The first-order chi connectivity index (χ1) is 11.8. The average Bonchev–Trinajstić information content (AvgIpc) is 2.59. The summed E-state index contributed by atoms with van der Waals surface area (Å²) in [6.45, 7) is 1.73. The fourth-order valence-corrected chi connectivity index (χ4v) is 3.81. The van der Waals surface area contributed by atoms with Crippen molar-refractivity contribution in [3.8, 4) is 0 Å². The summed E-state index contributed by atoms with van der Waals surface area (Å²) in [6.07, 6.45) is 0. The van der Waals surface area contributed by atoms with Crippen molar-refractivity contribution in [3.63, 3.8) is 0 Å². The molecular formula is C17H16N2O5S. The first-order valence-electron chi connectivity index (χ1n) is 7.51. The van der Waals surface area contributed by atoms with Crippen molar-refractivity contribution in [3.05, 3.63) is 75.1 Å². The van der Waals surface area contributed by atoms with Crippen molar-refractivity contribution in [2.24, 2.45) is 7.05 Å². The van der Waals surface area contributed by atoms with Gasteiger partial charge in [-0.25, -0.2) is 22.7 Å². The number of aryl methyl sites for hydroxylation is 1. The van der Waals surface area contributed by atoms with Crippen molar-refractivity contribution in [1.82, 2.24) is 9.29 Å². The van der Waals surface area contributed by atoms with Crippen LogP contribution in [0.5, 0.6) is 0 Å². The molecule has 0 aliphatic rings. The molecule has 0 aliphatic heterocycles. The summed E-state index contributed by atoms with van der Waals surface area (Å²) in [6, 6.07) is 12.6. The zero-order chi connectivity index (χ0) is 18.2. The van der Waals surface area contributed by atoms with Gasteiger partial charge in [-0.1, -0.05) is 30.3 Å². The van der Waals surface area contributed by atoms with Gasteiger partial charge in [0, 0.05) is 13.1 Å². The van der Waals surface area contributed by atoms with Crippen LogP contribution in [0.25, 0.3) is 10.9 Å². The molecule has 130 valence electrons.